The quantitative estimate of drug-likeness (QED) is 0.847. The summed E-state index contributed by atoms with van der Waals surface area (Å²) < 4.78 is 25.1. The molecule has 2 rings (SSSR count). The van der Waals surface area contributed by atoms with Gasteiger partial charge in [0, 0.05) is 12.1 Å². The third-order valence-corrected chi connectivity index (χ3v) is 5.38. The molecule has 1 aliphatic rings. The fourth-order valence-corrected chi connectivity index (χ4v) is 4.38. The van der Waals surface area contributed by atoms with E-state index in [0.29, 0.717) is 12.1 Å². The average Bonchev–Trinajstić information content (AvgIpc) is 2.60. The highest BCUT2D eigenvalue weighted by Crippen LogP contribution is 2.35. The summed E-state index contributed by atoms with van der Waals surface area (Å²) in [6, 6.07) is 5.89. The number of nitrogens with one attached hydrogen (secondary N) is 1. The van der Waals surface area contributed by atoms with Gasteiger partial charge in [0.1, 0.15) is 0 Å². The van der Waals surface area contributed by atoms with Crippen LogP contribution >= 0.6 is 0 Å². The maximum Gasteiger partial charge on any atom is 0.251 e. The zero-order valence-electron chi connectivity index (χ0n) is 12.5. The number of benzene rings is 1. The molecule has 0 saturated carbocycles. The first-order valence-corrected chi connectivity index (χ1v) is 8.36. The third-order valence-electron chi connectivity index (χ3n) is 3.36. The number of amides is 2. The van der Waals surface area contributed by atoms with Crippen molar-refractivity contribution in [1.82, 2.24) is 5.32 Å². The van der Waals surface area contributed by atoms with Gasteiger partial charge in [0.15, 0.2) is 0 Å². The van der Waals surface area contributed by atoms with E-state index >= 15 is 0 Å². The van der Waals surface area contributed by atoms with Gasteiger partial charge in [-0.3, -0.25) is 9.59 Å². The van der Waals surface area contributed by atoms with Gasteiger partial charge in [-0.2, -0.15) is 0 Å². The van der Waals surface area contributed by atoms with Crippen LogP contribution in [0.2, 0.25) is 0 Å². The van der Waals surface area contributed by atoms with E-state index < -0.39 is 21.3 Å². The molecule has 6 nitrogen and oxygen atoms in total. The number of carbonyl (C=O) groups excluding carboxylic acids is 2. The summed E-state index contributed by atoms with van der Waals surface area (Å²) >= 11 is 0. The van der Waals surface area contributed by atoms with Crippen LogP contribution in [0.15, 0.2) is 36.9 Å². The molecular formula is C15H18N2O4S. The first kappa shape index (κ1) is 16.2. The minimum Gasteiger partial charge on any atom is -0.349 e. The van der Waals surface area contributed by atoms with Crippen molar-refractivity contribution < 1.29 is 18.0 Å². The normalized spacial score (nSPS) is 19.0. The molecule has 1 heterocycles. The van der Waals surface area contributed by atoms with E-state index in [0.717, 1.165) is 4.31 Å². The average molecular weight is 322 g/mol. The number of hydrogen-bond acceptors (Lipinski definition) is 4. The molecule has 0 spiro atoms. The van der Waals surface area contributed by atoms with Crippen LogP contribution in [0, 0.1) is 5.41 Å². The van der Waals surface area contributed by atoms with E-state index in [2.05, 4.69) is 11.9 Å². The zero-order chi connectivity index (χ0) is 16.5. The van der Waals surface area contributed by atoms with Gasteiger partial charge in [-0.25, -0.2) is 12.7 Å². The van der Waals surface area contributed by atoms with Crippen LogP contribution in [0.1, 0.15) is 24.2 Å². The lowest BCUT2D eigenvalue weighted by Gasteiger charge is -2.17. The SMILES string of the molecule is C=CCNC(=O)c1ccc(N2C(=O)C(C)(C)CS2(=O)=O)cc1. The Balaban J connectivity index is 2.29. The minimum absolute atomic E-state index is 0.222. The molecule has 1 aromatic carbocycles. The van der Waals surface area contributed by atoms with Crippen LogP contribution in [0.3, 0.4) is 0 Å². The number of rotatable bonds is 4. The summed E-state index contributed by atoms with van der Waals surface area (Å²) in [6.07, 6.45) is 1.56. The van der Waals surface area contributed by atoms with Crippen LogP contribution in [0.25, 0.3) is 0 Å². The molecule has 7 heteroatoms. The zero-order valence-corrected chi connectivity index (χ0v) is 13.3. The van der Waals surface area contributed by atoms with Crippen molar-refractivity contribution in [3.05, 3.63) is 42.5 Å². The van der Waals surface area contributed by atoms with Gasteiger partial charge in [0.25, 0.3) is 5.91 Å². The summed E-state index contributed by atoms with van der Waals surface area (Å²) in [5, 5.41) is 2.62. The lowest BCUT2D eigenvalue weighted by molar-refractivity contribution is -0.123. The van der Waals surface area contributed by atoms with Crippen molar-refractivity contribution in [3.8, 4) is 0 Å². The van der Waals surface area contributed by atoms with Crippen LogP contribution in [0.5, 0.6) is 0 Å². The molecule has 1 aliphatic heterocycles. The molecule has 2 amide bonds. The number of anilines is 1. The molecule has 118 valence electrons. The van der Waals surface area contributed by atoms with E-state index in [-0.39, 0.29) is 17.3 Å². The van der Waals surface area contributed by atoms with Crippen molar-refractivity contribution in [1.29, 1.82) is 0 Å². The standard InChI is InChI=1S/C15H18N2O4S/c1-4-9-16-13(18)11-5-7-12(8-6-11)17-14(19)15(2,3)10-22(17,20)21/h4-8H,1,9-10H2,2-3H3,(H,16,18). The first-order valence-electron chi connectivity index (χ1n) is 6.76. The maximum atomic E-state index is 12.3. The Morgan fingerprint density at radius 3 is 2.41 bits per heavy atom. The molecule has 1 N–H and O–H groups in total. The van der Waals surface area contributed by atoms with Crippen molar-refractivity contribution in [2.75, 3.05) is 16.6 Å². The van der Waals surface area contributed by atoms with E-state index in [4.69, 9.17) is 0 Å². The van der Waals surface area contributed by atoms with Crippen molar-refractivity contribution in [2.45, 2.75) is 13.8 Å². The van der Waals surface area contributed by atoms with Gasteiger partial charge in [-0.1, -0.05) is 6.08 Å². The molecule has 22 heavy (non-hydrogen) atoms. The molecule has 1 fully saturated rings. The van der Waals surface area contributed by atoms with Gasteiger partial charge in [0.05, 0.1) is 16.9 Å². The molecule has 0 unspecified atom stereocenters. The predicted molar refractivity (Wildman–Crippen MR) is 84.0 cm³/mol. The highest BCUT2D eigenvalue weighted by molar-refractivity contribution is 7.94. The summed E-state index contributed by atoms with van der Waals surface area (Å²) in [5.74, 6) is -0.973. The predicted octanol–water partition coefficient (Wildman–Crippen LogP) is 1.30. The molecule has 0 aromatic heterocycles. The Hall–Kier alpha value is -2.15. The number of carbonyl (C=O) groups is 2. The van der Waals surface area contributed by atoms with Gasteiger partial charge >= 0.3 is 0 Å². The fraction of sp³-hybridized carbons (Fsp3) is 0.333. The highest BCUT2D eigenvalue weighted by Gasteiger charge is 2.49. The second kappa shape index (κ2) is 5.57. The topological polar surface area (TPSA) is 83.6 Å². The van der Waals surface area contributed by atoms with Gasteiger partial charge < -0.3 is 5.32 Å². The van der Waals surface area contributed by atoms with E-state index in [1.807, 2.05) is 0 Å². The smallest absolute Gasteiger partial charge is 0.251 e. The van der Waals surface area contributed by atoms with E-state index in [1.54, 1.807) is 19.9 Å². The Kier molecular flexibility index (Phi) is 4.10. The number of nitrogens with zero attached hydrogens (tertiary/aromatic N) is 1. The van der Waals surface area contributed by atoms with Crippen molar-refractivity contribution in [2.24, 2.45) is 5.41 Å². The van der Waals surface area contributed by atoms with E-state index in [9.17, 15) is 18.0 Å². The van der Waals surface area contributed by atoms with Gasteiger partial charge in [-0.05, 0) is 38.1 Å². The second-order valence-corrected chi connectivity index (χ2v) is 7.57. The van der Waals surface area contributed by atoms with E-state index in [1.165, 1.54) is 24.3 Å². The highest BCUT2D eigenvalue weighted by atomic mass is 32.2. The lowest BCUT2D eigenvalue weighted by Crippen LogP contribution is -2.33. The summed E-state index contributed by atoms with van der Waals surface area (Å²) in [5.41, 5.74) is -0.316. The third kappa shape index (κ3) is 2.89. The monoisotopic (exact) mass is 322 g/mol. The Morgan fingerprint density at radius 2 is 1.95 bits per heavy atom. The number of hydrogen-bond donors (Lipinski definition) is 1. The summed E-state index contributed by atoms with van der Waals surface area (Å²) in [7, 11) is -3.67. The minimum atomic E-state index is -3.67. The van der Waals surface area contributed by atoms with Crippen LogP contribution in [-0.4, -0.2) is 32.5 Å². The molecule has 1 saturated heterocycles. The summed E-state index contributed by atoms with van der Waals surface area (Å²) in [4.78, 5) is 24.0. The first-order chi connectivity index (χ1) is 10.2. The van der Waals surface area contributed by atoms with Gasteiger partial charge in [0.2, 0.25) is 15.9 Å². The Morgan fingerprint density at radius 1 is 1.36 bits per heavy atom. The van der Waals surface area contributed by atoms with Crippen molar-refractivity contribution >= 4 is 27.5 Å². The molecule has 0 radical (unpaired) electrons. The Labute approximate surface area is 129 Å². The molecular weight excluding hydrogens is 304 g/mol. The molecule has 1 aromatic rings. The largest absolute Gasteiger partial charge is 0.349 e. The van der Waals surface area contributed by atoms with Crippen LogP contribution in [0.4, 0.5) is 5.69 Å². The van der Waals surface area contributed by atoms with Crippen LogP contribution < -0.4 is 9.62 Å². The second-order valence-electron chi connectivity index (χ2n) is 5.76. The van der Waals surface area contributed by atoms with Crippen molar-refractivity contribution in [3.63, 3.8) is 0 Å². The Bertz CT molecular complexity index is 720. The lowest BCUT2D eigenvalue weighted by atomic mass is 9.95. The molecule has 0 bridgehead atoms. The fourth-order valence-electron chi connectivity index (χ4n) is 2.28. The summed E-state index contributed by atoms with van der Waals surface area (Å²) in [6.45, 7) is 7.05. The number of sulfonamides is 1. The maximum absolute atomic E-state index is 12.3. The molecule has 0 aliphatic carbocycles. The molecule has 0 atom stereocenters. The van der Waals surface area contributed by atoms with Crippen LogP contribution in [-0.2, 0) is 14.8 Å². The van der Waals surface area contributed by atoms with Gasteiger partial charge in [-0.15, -0.1) is 6.58 Å².